The Hall–Kier alpha value is -2.88. The molecular weight excluding hydrogens is 448 g/mol. The Balaban J connectivity index is 0.00000385. The van der Waals surface area contributed by atoms with E-state index >= 15 is 0 Å². The minimum absolute atomic E-state index is 0. The van der Waals surface area contributed by atoms with E-state index in [0.717, 1.165) is 24.2 Å². The predicted molar refractivity (Wildman–Crippen MR) is 110 cm³/mol. The summed E-state index contributed by atoms with van der Waals surface area (Å²) in [5, 5.41) is 13.3. The first kappa shape index (κ1) is 26.4. The van der Waals surface area contributed by atoms with Crippen molar-refractivity contribution in [1.29, 1.82) is 0 Å². The fourth-order valence-electron chi connectivity index (χ4n) is 3.15. The molecule has 33 heavy (non-hydrogen) atoms. The maximum Gasteiger partial charge on any atom is 1.00 e. The fraction of sp³-hybridized carbons (Fsp3) is 0.174. The average molecular weight is 465 g/mol. The van der Waals surface area contributed by atoms with Crippen LogP contribution in [0.15, 0.2) is 41.6 Å². The van der Waals surface area contributed by atoms with E-state index in [4.69, 9.17) is 4.74 Å². The third-order valence-electron chi connectivity index (χ3n) is 4.74. The van der Waals surface area contributed by atoms with Gasteiger partial charge in [0.2, 0.25) is 0 Å². The molecule has 10 heteroatoms. The third kappa shape index (κ3) is 6.34. The number of aryl methyl sites for hydroxylation is 1. The minimum Gasteiger partial charge on any atom is -0.557 e. The van der Waals surface area contributed by atoms with Gasteiger partial charge in [0, 0.05) is 17.7 Å². The molecule has 0 aliphatic heterocycles. The summed E-state index contributed by atoms with van der Waals surface area (Å²) in [6, 6.07) is 7.67. The number of hydrogen-bond donors (Lipinski definition) is 1. The maximum absolute atomic E-state index is 14.8. The molecule has 0 atom stereocenters. The molecule has 1 aromatic heterocycles. The average Bonchev–Trinajstić information content (AvgIpc) is 2.77. The van der Waals surface area contributed by atoms with Crippen molar-refractivity contribution in [2.45, 2.75) is 20.3 Å². The molecule has 0 aliphatic rings. The molecule has 0 spiro atoms. The third-order valence-corrected chi connectivity index (χ3v) is 4.74. The zero-order valence-electron chi connectivity index (χ0n) is 18.1. The normalized spacial score (nSPS) is 10.7. The van der Waals surface area contributed by atoms with Crippen molar-refractivity contribution in [2.24, 2.45) is 5.16 Å². The zero-order chi connectivity index (χ0) is 23.3. The van der Waals surface area contributed by atoms with Gasteiger partial charge in [0.25, 0.3) is 0 Å². The van der Waals surface area contributed by atoms with Gasteiger partial charge in [-0.3, -0.25) is 0 Å². The first-order valence-corrected chi connectivity index (χ1v) is 9.33. The van der Waals surface area contributed by atoms with Gasteiger partial charge in [-0.25, -0.2) is 18.2 Å². The molecule has 0 saturated carbocycles. The molecule has 3 aromatic rings. The van der Waals surface area contributed by atoms with Crippen LogP contribution < -0.4 is 34.3 Å². The van der Waals surface area contributed by atoms with Gasteiger partial charge in [0.05, 0.1) is 0 Å². The summed E-state index contributed by atoms with van der Waals surface area (Å²) in [4.78, 5) is 18.2. The van der Waals surface area contributed by atoms with Gasteiger partial charge in [-0.2, -0.15) is 0 Å². The van der Waals surface area contributed by atoms with Gasteiger partial charge in [0.15, 0.2) is 23.2 Å². The molecule has 0 fully saturated rings. The van der Waals surface area contributed by atoms with Gasteiger partial charge in [-0.15, -0.1) is 0 Å². The molecule has 2 aromatic carbocycles. The first-order chi connectivity index (χ1) is 15.3. The summed E-state index contributed by atoms with van der Waals surface area (Å²) in [7, 11) is 0. The van der Waals surface area contributed by atoms with Crippen molar-refractivity contribution in [2.75, 3.05) is 6.61 Å². The Kier molecular flexibility index (Phi) is 9.45. The summed E-state index contributed by atoms with van der Waals surface area (Å²) >= 11 is 0. The number of ether oxygens (including phenoxy) is 1. The topological polar surface area (TPSA) is 81.0 Å². The van der Waals surface area contributed by atoms with Crippen LogP contribution in [-0.4, -0.2) is 29.4 Å². The molecule has 0 aliphatic carbocycles. The van der Waals surface area contributed by atoms with Crippen LogP contribution in [0.1, 0.15) is 22.4 Å². The van der Waals surface area contributed by atoms with E-state index in [1.807, 2.05) is 0 Å². The van der Waals surface area contributed by atoms with Gasteiger partial charge in [0.1, 0.15) is 11.4 Å². The molecular formula is C23H17F3N2NaO4-. The molecule has 1 N–H and O–H groups in total. The molecule has 3 rings (SSSR count). The van der Waals surface area contributed by atoms with Crippen LogP contribution in [0.2, 0.25) is 0 Å². The number of pyridine rings is 1. The van der Waals surface area contributed by atoms with E-state index in [1.165, 1.54) is 18.2 Å². The number of halogens is 3. The SMILES string of the molecule is Cc1cc(OC[C-]=NO[C-]=O)c(F)c(C)c1Cc1ccc(O)c(-c2ccc(F)c(F)c2)n1.[Na+]. The van der Waals surface area contributed by atoms with Crippen LogP contribution in [0, 0.1) is 31.3 Å². The second-order valence-corrected chi connectivity index (χ2v) is 6.80. The van der Waals surface area contributed by atoms with E-state index in [1.54, 1.807) is 19.9 Å². The molecule has 0 unspecified atom stereocenters. The Bertz CT molecular complexity index is 1190. The fourth-order valence-corrected chi connectivity index (χ4v) is 3.15. The van der Waals surface area contributed by atoms with Crippen LogP contribution in [0.3, 0.4) is 0 Å². The number of carbonyl (C=O) groups excluding carboxylic acids is 1. The maximum atomic E-state index is 14.8. The molecule has 0 bridgehead atoms. The Morgan fingerprint density at radius 3 is 2.55 bits per heavy atom. The van der Waals surface area contributed by atoms with E-state index in [9.17, 15) is 23.1 Å². The standard InChI is InChI=1S/C23H17F3N2O4.Na/c1-13-9-21(31-8-7-27-32-12-29)22(26)14(2)17(13)11-16-4-6-20(30)23(28-16)15-3-5-18(24)19(25)10-15;/h3-6,9-10,30H,8,11H2,1-2H3;/q-2;+1. The number of rotatable bonds is 8. The van der Waals surface area contributed by atoms with Gasteiger partial charge >= 0.3 is 29.6 Å². The minimum atomic E-state index is -1.06. The van der Waals surface area contributed by atoms with E-state index in [0.29, 0.717) is 16.8 Å². The van der Waals surface area contributed by atoms with Gasteiger partial charge in [-0.05, 0) is 80.0 Å². The molecule has 166 valence electrons. The Morgan fingerprint density at radius 2 is 1.85 bits per heavy atom. The van der Waals surface area contributed by atoms with Crippen molar-refractivity contribution in [1.82, 2.24) is 4.98 Å². The second kappa shape index (κ2) is 11.8. The first-order valence-electron chi connectivity index (χ1n) is 9.33. The number of aromatic nitrogens is 1. The summed E-state index contributed by atoms with van der Waals surface area (Å²) in [6.45, 7) is 4.20. The molecule has 0 saturated heterocycles. The molecule has 1 heterocycles. The van der Waals surface area contributed by atoms with Gasteiger partial charge < -0.3 is 30.8 Å². The number of benzene rings is 2. The smallest absolute Gasteiger partial charge is 0.557 e. The molecule has 6 nitrogen and oxygen atoms in total. The van der Waals surface area contributed by atoms with Crippen LogP contribution in [0.5, 0.6) is 11.5 Å². The van der Waals surface area contributed by atoms with E-state index in [-0.39, 0.29) is 65.3 Å². The summed E-state index contributed by atoms with van der Waals surface area (Å²) in [6.07, 6.45) is 2.48. The van der Waals surface area contributed by atoms with Crippen molar-refractivity contribution >= 4 is 12.7 Å². The zero-order valence-corrected chi connectivity index (χ0v) is 20.1. The van der Waals surface area contributed by atoms with Crippen molar-refractivity contribution in [3.05, 3.63) is 76.2 Å². The van der Waals surface area contributed by atoms with Crippen molar-refractivity contribution in [3.63, 3.8) is 0 Å². The number of aromatic hydroxyl groups is 1. The van der Waals surface area contributed by atoms with Crippen LogP contribution in [0.4, 0.5) is 13.2 Å². The van der Waals surface area contributed by atoms with Crippen LogP contribution in [0.25, 0.3) is 11.3 Å². The number of nitrogens with zero attached hydrogens (tertiary/aromatic N) is 2. The van der Waals surface area contributed by atoms with E-state index < -0.39 is 17.5 Å². The largest absolute Gasteiger partial charge is 1.00 e. The van der Waals surface area contributed by atoms with Gasteiger partial charge in [-0.1, -0.05) is 0 Å². The Labute approximate surface area is 210 Å². The van der Waals surface area contributed by atoms with Crippen LogP contribution >= 0.6 is 0 Å². The summed E-state index contributed by atoms with van der Waals surface area (Å²) in [5.41, 5.74) is 2.49. The van der Waals surface area contributed by atoms with E-state index in [2.05, 4.69) is 21.2 Å². The second-order valence-electron chi connectivity index (χ2n) is 6.80. The molecule has 0 radical (unpaired) electrons. The predicted octanol–water partition coefficient (Wildman–Crippen LogP) is 1.41. The molecule has 0 amide bonds. The monoisotopic (exact) mass is 465 g/mol. The quantitative estimate of drug-likeness (QED) is 0.179. The summed E-state index contributed by atoms with van der Waals surface area (Å²) in [5.74, 6) is -2.88. The van der Waals surface area contributed by atoms with Crippen LogP contribution in [-0.2, 0) is 16.1 Å². The van der Waals surface area contributed by atoms with Crippen molar-refractivity contribution in [3.8, 4) is 22.8 Å². The Morgan fingerprint density at radius 1 is 1.09 bits per heavy atom. The number of hydrogen-bond acceptors (Lipinski definition) is 6. The van der Waals surface area contributed by atoms with Crippen molar-refractivity contribution < 1.29 is 62.2 Å². The summed E-state index contributed by atoms with van der Waals surface area (Å²) < 4.78 is 46.9.